The van der Waals surface area contributed by atoms with E-state index in [9.17, 15) is 0 Å². The minimum absolute atomic E-state index is 0.514. The van der Waals surface area contributed by atoms with E-state index in [2.05, 4.69) is 11.2 Å². The first kappa shape index (κ1) is 12.7. The van der Waals surface area contributed by atoms with E-state index < -0.39 is 0 Å². The van der Waals surface area contributed by atoms with Gasteiger partial charge >= 0.3 is 0 Å². The minimum Gasteiger partial charge on any atom is -0.496 e. The Kier molecular flexibility index (Phi) is 4.42. The average Bonchev–Trinajstić information content (AvgIpc) is 2.89. The molecule has 0 bridgehead atoms. The van der Waals surface area contributed by atoms with Gasteiger partial charge in [0.25, 0.3) is 0 Å². The molecule has 0 atom stereocenters. The summed E-state index contributed by atoms with van der Waals surface area (Å²) in [5.74, 6) is 1.38. The van der Waals surface area contributed by atoms with E-state index in [0.717, 1.165) is 16.9 Å². The highest BCUT2D eigenvalue weighted by Crippen LogP contribution is 2.21. The van der Waals surface area contributed by atoms with Crippen molar-refractivity contribution in [1.29, 1.82) is 0 Å². The summed E-state index contributed by atoms with van der Waals surface area (Å²) in [6.07, 6.45) is 7.62. The first-order chi connectivity index (χ1) is 8.83. The van der Waals surface area contributed by atoms with Gasteiger partial charge in [-0.25, -0.2) is 0 Å². The van der Waals surface area contributed by atoms with Crippen molar-refractivity contribution < 1.29 is 4.74 Å². The second-order valence-electron chi connectivity index (χ2n) is 3.83. The highest BCUT2D eigenvalue weighted by molar-refractivity contribution is 6.19. The number of alkyl halides is 1. The van der Waals surface area contributed by atoms with Crippen LogP contribution in [-0.4, -0.2) is 22.8 Å². The van der Waals surface area contributed by atoms with E-state index >= 15 is 0 Å². The fraction of sp³-hybridized carbons (Fsp3) is 0.214. The summed E-state index contributed by atoms with van der Waals surface area (Å²) in [4.78, 5) is 0. The lowest BCUT2D eigenvalue weighted by molar-refractivity contribution is 0.407. The number of ether oxygens (including phenoxy) is 1. The maximum atomic E-state index is 5.64. The lowest BCUT2D eigenvalue weighted by Crippen LogP contribution is -2.02. The van der Waals surface area contributed by atoms with Crippen LogP contribution in [0.1, 0.15) is 11.1 Å². The second kappa shape index (κ2) is 6.26. The Morgan fingerprint density at radius 1 is 1.44 bits per heavy atom. The summed E-state index contributed by atoms with van der Waals surface area (Å²) >= 11 is 5.64. The van der Waals surface area contributed by atoms with Gasteiger partial charge in [0.2, 0.25) is 0 Å². The van der Waals surface area contributed by atoms with Crippen molar-refractivity contribution in [3.8, 4) is 5.75 Å². The van der Waals surface area contributed by atoms with Crippen LogP contribution in [0.3, 0.4) is 0 Å². The van der Waals surface area contributed by atoms with Gasteiger partial charge in [-0.1, -0.05) is 18.2 Å². The Labute approximate surface area is 112 Å². The molecule has 0 spiro atoms. The molecule has 2 aromatic rings. The number of benzene rings is 1. The number of methoxy groups -OCH3 is 1. The molecule has 18 heavy (non-hydrogen) atoms. The monoisotopic (exact) mass is 262 g/mol. The van der Waals surface area contributed by atoms with Gasteiger partial charge in [-0.15, -0.1) is 11.6 Å². The third-order valence-electron chi connectivity index (χ3n) is 2.60. The SMILES string of the molecule is COc1ccc(C=CCCl)cc1Cn1cccn1. The van der Waals surface area contributed by atoms with Crippen LogP contribution in [0.5, 0.6) is 5.75 Å². The molecule has 1 aromatic carbocycles. The molecule has 3 nitrogen and oxygen atoms in total. The number of aromatic nitrogens is 2. The zero-order valence-electron chi connectivity index (χ0n) is 10.2. The summed E-state index contributed by atoms with van der Waals surface area (Å²) in [5.41, 5.74) is 2.21. The molecule has 0 aliphatic carbocycles. The molecular weight excluding hydrogens is 248 g/mol. The van der Waals surface area contributed by atoms with E-state index in [-0.39, 0.29) is 0 Å². The summed E-state index contributed by atoms with van der Waals surface area (Å²) in [7, 11) is 1.68. The van der Waals surface area contributed by atoms with Crippen LogP contribution in [0.15, 0.2) is 42.7 Å². The molecule has 0 fully saturated rings. The minimum atomic E-state index is 0.514. The molecule has 0 aliphatic rings. The van der Waals surface area contributed by atoms with Crippen LogP contribution in [-0.2, 0) is 6.54 Å². The van der Waals surface area contributed by atoms with Gasteiger partial charge in [0.05, 0.1) is 13.7 Å². The number of allylic oxidation sites excluding steroid dienone is 1. The van der Waals surface area contributed by atoms with Gasteiger partial charge in [-0.2, -0.15) is 5.10 Å². The quantitative estimate of drug-likeness (QED) is 0.774. The van der Waals surface area contributed by atoms with E-state index in [0.29, 0.717) is 12.4 Å². The number of rotatable bonds is 5. The molecular formula is C14H15ClN2O. The van der Waals surface area contributed by atoms with E-state index in [1.165, 1.54) is 0 Å². The number of nitrogens with zero attached hydrogens (tertiary/aromatic N) is 2. The van der Waals surface area contributed by atoms with Gasteiger partial charge in [0, 0.05) is 23.8 Å². The van der Waals surface area contributed by atoms with E-state index in [1.807, 2.05) is 41.2 Å². The first-order valence-electron chi connectivity index (χ1n) is 5.70. The number of hydrogen-bond donors (Lipinski definition) is 0. The average molecular weight is 263 g/mol. The molecule has 4 heteroatoms. The Bertz CT molecular complexity index is 521. The molecule has 2 rings (SSSR count). The molecule has 1 heterocycles. The molecule has 0 radical (unpaired) electrons. The van der Waals surface area contributed by atoms with E-state index in [1.54, 1.807) is 13.3 Å². The molecule has 0 saturated carbocycles. The third-order valence-corrected chi connectivity index (χ3v) is 2.77. The van der Waals surface area contributed by atoms with Crippen LogP contribution in [0.25, 0.3) is 6.08 Å². The molecule has 1 aromatic heterocycles. The second-order valence-corrected chi connectivity index (χ2v) is 4.14. The summed E-state index contributed by atoms with van der Waals surface area (Å²) < 4.78 is 7.23. The fourth-order valence-electron chi connectivity index (χ4n) is 1.77. The third kappa shape index (κ3) is 3.14. The zero-order valence-corrected chi connectivity index (χ0v) is 11.0. The predicted molar refractivity (Wildman–Crippen MR) is 74.1 cm³/mol. The van der Waals surface area contributed by atoms with Gasteiger partial charge in [-0.3, -0.25) is 4.68 Å². The van der Waals surface area contributed by atoms with Gasteiger partial charge < -0.3 is 4.74 Å². The lowest BCUT2D eigenvalue weighted by atomic mass is 10.1. The lowest BCUT2D eigenvalue weighted by Gasteiger charge is -2.09. The predicted octanol–water partition coefficient (Wildman–Crippen LogP) is 3.19. The van der Waals surface area contributed by atoms with Crippen molar-refractivity contribution in [2.75, 3.05) is 13.0 Å². The Morgan fingerprint density at radius 2 is 2.33 bits per heavy atom. The van der Waals surface area contributed by atoms with Gasteiger partial charge in [0.1, 0.15) is 5.75 Å². The zero-order chi connectivity index (χ0) is 12.8. The summed E-state index contributed by atoms with van der Waals surface area (Å²) in [5, 5.41) is 4.20. The fourth-order valence-corrected chi connectivity index (χ4v) is 1.86. The smallest absolute Gasteiger partial charge is 0.123 e. The summed E-state index contributed by atoms with van der Waals surface area (Å²) in [6, 6.07) is 7.97. The van der Waals surface area contributed by atoms with Crippen molar-refractivity contribution in [2.24, 2.45) is 0 Å². The standard InChI is InChI=1S/C14H15ClN2O/c1-18-14-6-5-12(4-2-7-15)10-13(14)11-17-9-3-8-16-17/h2-6,8-10H,7,11H2,1H3. The number of halogens is 1. The van der Waals surface area contributed by atoms with Gasteiger partial charge in [0.15, 0.2) is 0 Å². The normalized spacial score (nSPS) is 11.0. The first-order valence-corrected chi connectivity index (χ1v) is 6.24. The van der Waals surface area contributed by atoms with Crippen LogP contribution < -0.4 is 4.74 Å². The van der Waals surface area contributed by atoms with Crippen molar-refractivity contribution in [1.82, 2.24) is 9.78 Å². The van der Waals surface area contributed by atoms with Crippen LogP contribution in [0, 0.1) is 0 Å². The topological polar surface area (TPSA) is 27.1 Å². The molecule has 0 N–H and O–H groups in total. The van der Waals surface area contributed by atoms with Crippen molar-refractivity contribution >= 4 is 17.7 Å². The molecule has 0 unspecified atom stereocenters. The Hall–Kier alpha value is -1.74. The highest BCUT2D eigenvalue weighted by Gasteiger charge is 2.04. The van der Waals surface area contributed by atoms with Crippen molar-refractivity contribution in [2.45, 2.75) is 6.54 Å². The molecule has 0 saturated heterocycles. The van der Waals surface area contributed by atoms with Gasteiger partial charge in [-0.05, 0) is 23.8 Å². The van der Waals surface area contributed by atoms with Crippen molar-refractivity contribution in [3.05, 3.63) is 53.9 Å². The summed E-state index contributed by atoms with van der Waals surface area (Å²) in [6.45, 7) is 0.693. The van der Waals surface area contributed by atoms with E-state index in [4.69, 9.17) is 16.3 Å². The van der Waals surface area contributed by atoms with Crippen LogP contribution in [0.4, 0.5) is 0 Å². The molecule has 94 valence electrons. The Balaban J connectivity index is 2.27. The van der Waals surface area contributed by atoms with Crippen LogP contribution >= 0.6 is 11.6 Å². The molecule has 0 aliphatic heterocycles. The Morgan fingerprint density at radius 3 is 3.00 bits per heavy atom. The van der Waals surface area contributed by atoms with Crippen LogP contribution in [0.2, 0.25) is 0 Å². The molecule has 0 amide bonds. The maximum absolute atomic E-state index is 5.64. The largest absolute Gasteiger partial charge is 0.496 e. The van der Waals surface area contributed by atoms with Crippen molar-refractivity contribution in [3.63, 3.8) is 0 Å². The highest BCUT2D eigenvalue weighted by atomic mass is 35.5. The maximum Gasteiger partial charge on any atom is 0.123 e. The number of hydrogen-bond acceptors (Lipinski definition) is 2.